The minimum absolute atomic E-state index is 0.0134. The standard InChI is InChI=1S/C12H15ClN2O2/c1-9(16)14-11-5-3-10(4-6-11)8-15(2)12(17)7-13/h3-6H,7-8H2,1-2H3,(H,14,16). The molecule has 0 saturated heterocycles. The maximum absolute atomic E-state index is 11.3. The van der Waals surface area contributed by atoms with Crippen LogP contribution in [-0.2, 0) is 16.1 Å². The molecule has 0 unspecified atom stereocenters. The molecule has 17 heavy (non-hydrogen) atoms. The Kier molecular flexibility index (Phi) is 4.97. The van der Waals surface area contributed by atoms with E-state index in [2.05, 4.69) is 5.32 Å². The number of hydrogen-bond donors (Lipinski definition) is 1. The molecule has 0 aliphatic rings. The zero-order chi connectivity index (χ0) is 12.8. The first-order valence-corrected chi connectivity index (χ1v) is 5.73. The second-order valence-corrected chi connectivity index (χ2v) is 4.03. The fourth-order valence-electron chi connectivity index (χ4n) is 1.36. The van der Waals surface area contributed by atoms with Gasteiger partial charge in [-0.2, -0.15) is 0 Å². The lowest BCUT2D eigenvalue weighted by molar-refractivity contribution is -0.127. The zero-order valence-electron chi connectivity index (χ0n) is 9.87. The molecule has 0 radical (unpaired) electrons. The molecule has 0 aliphatic heterocycles. The predicted octanol–water partition coefficient (Wildman–Crippen LogP) is 1.84. The lowest BCUT2D eigenvalue weighted by atomic mass is 10.2. The summed E-state index contributed by atoms with van der Waals surface area (Å²) < 4.78 is 0. The molecule has 1 rings (SSSR count). The average Bonchev–Trinajstić information content (AvgIpc) is 2.30. The number of carbonyl (C=O) groups excluding carboxylic acids is 2. The molecule has 0 aromatic heterocycles. The van der Waals surface area contributed by atoms with Gasteiger partial charge in [0.1, 0.15) is 5.88 Å². The second kappa shape index (κ2) is 6.25. The summed E-state index contributed by atoms with van der Waals surface area (Å²) in [6, 6.07) is 7.33. The van der Waals surface area contributed by atoms with E-state index >= 15 is 0 Å². The summed E-state index contributed by atoms with van der Waals surface area (Å²) in [5.41, 5.74) is 1.73. The molecular weight excluding hydrogens is 240 g/mol. The first-order chi connectivity index (χ1) is 8.02. The molecule has 1 aromatic rings. The maximum atomic E-state index is 11.3. The van der Waals surface area contributed by atoms with Gasteiger partial charge in [-0.15, -0.1) is 11.6 Å². The van der Waals surface area contributed by atoms with Gasteiger partial charge >= 0.3 is 0 Å². The highest BCUT2D eigenvalue weighted by Crippen LogP contribution is 2.11. The third kappa shape index (κ3) is 4.44. The molecule has 4 nitrogen and oxygen atoms in total. The molecule has 92 valence electrons. The van der Waals surface area contributed by atoms with Crippen LogP contribution in [-0.4, -0.2) is 29.6 Å². The fourth-order valence-corrected chi connectivity index (χ4v) is 1.56. The van der Waals surface area contributed by atoms with E-state index in [0.717, 1.165) is 11.3 Å². The quantitative estimate of drug-likeness (QED) is 0.834. The van der Waals surface area contributed by atoms with Gasteiger partial charge in [0.2, 0.25) is 11.8 Å². The Hall–Kier alpha value is -1.55. The van der Waals surface area contributed by atoms with Gasteiger partial charge in [0.15, 0.2) is 0 Å². The first-order valence-electron chi connectivity index (χ1n) is 5.19. The van der Waals surface area contributed by atoms with E-state index in [4.69, 9.17) is 11.6 Å². The zero-order valence-corrected chi connectivity index (χ0v) is 10.6. The third-order valence-electron chi connectivity index (χ3n) is 2.23. The molecule has 0 heterocycles. The molecule has 1 N–H and O–H groups in total. The number of halogens is 1. The molecule has 0 spiro atoms. The number of carbonyl (C=O) groups is 2. The minimum Gasteiger partial charge on any atom is -0.340 e. The highest BCUT2D eigenvalue weighted by molar-refractivity contribution is 6.27. The van der Waals surface area contributed by atoms with Crippen molar-refractivity contribution in [3.63, 3.8) is 0 Å². The van der Waals surface area contributed by atoms with Crippen LogP contribution in [0.25, 0.3) is 0 Å². The summed E-state index contributed by atoms with van der Waals surface area (Å²) >= 11 is 5.46. The largest absolute Gasteiger partial charge is 0.340 e. The van der Waals surface area contributed by atoms with E-state index in [1.807, 2.05) is 12.1 Å². The van der Waals surface area contributed by atoms with Gasteiger partial charge in [-0.1, -0.05) is 12.1 Å². The van der Waals surface area contributed by atoms with Crippen molar-refractivity contribution in [1.82, 2.24) is 4.90 Å². The normalized spacial score (nSPS) is 9.82. The Morgan fingerprint density at radius 2 is 1.88 bits per heavy atom. The Morgan fingerprint density at radius 1 is 1.29 bits per heavy atom. The summed E-state index contributed by atoms with van der Waals surface area (Å²) in [5.74, 6) is -0.231. The van der Waals surface area contributed by atoms with Crippen LogP contribution in [0.5, 0.6) is 0 Å². The minimum atomic E-state index is -0.113. The summed E-state index contributed by atoms with van der Waals surface area (Å²) in [7, 11) is 1.70. The molecule has 0 saturated carbocycles. The summed E-state index contributed by atoms with van der Waals surface area (Å²) in [4.78, 5) is 23.6. The number of rotatable bonds is 4. The number of amides is 2. The first kappa shape index (κ1) is 13.5. The van der Waals surface area contributed by atoms with Crippen molar-refractivity contribution >= 4 is 29.1 Å². The van der Waals surface area contributed by atoms with Crippen molar-refractivity contribution in [2.24, 2.45) is 0 Å². The Morgan fingerprint density at radius 3 is 2.35 bits per heavy atom. The SMILES string of the molecule is CC(=O)Nc1ccc(CN(C)C(=O)CCl)cc1. The average molecular weight is 255 g/mol. The second-order valence-electron chi connectivity index (χ2n) is 3.76. The van der Waals surface area contributed by atoms with Crippen LogP contribution < -0.4 is 5.32 Å². The lowest BCUT2D eigenvalue weighted by Crippen LogP contribution is -2.27. The topological polar surface area (TPSA) is 49.4 Å². The van der Waals surface area contributed by atoms with Crippen molar-refractivity contribution in [3.8, 4) is 0 Å². The fraction of sp³-hybridized carbons (Fsp3) is 0.333. The van der Waals surface area contributed by atoms with Gasteiger partial charge < -0.3 is 10.2 Å². The monoisotopic (exact) mass is 254 g/mol. The van der Waals surface area contributed by atoms with Gasteiger partial charge in [-0.3, -0.25) is 9.59 Å². The van der Waals surface area contributed by atoms with Crippen LogP contribution in [0.3, 0.4) is 0 Å². The van der Waals surface area contributed by atoms with E-state index in [0.29, 0.717) is 6.54 Å². The molecule has 5 heteroatoms. The van der Waals surface area contributed by atoms with Crippen molar-refractivity contribution in [3.05, 3.63) is 29.8 Å². The molecule has 0 atom stereocenters. The molecule has 0 aliphatic carbocycles. The summed E-state index contributed by atoms with van der Waals surface area (Å²) in [6.45, 7) is 1.97. The number of benzene rings is 1. The van der Waals surface area contributed by atoms with Crippen LogP contribution in [0.15, 0.2) is 24.3 Å². The number of nitrogens with zero attached hydrogens (tertiary/aromatic N) is 1. The molecule has 0 bridgehead atoms. The Bertz CT molecular complexity index is 403. The van der Waals surface area contributed by atoms with Gasteiger partial charge in [0.05, 0.1) is 0 Å². The van der Waals surface area contributed by atoms with Gasteiger partial charge in [-0.05, 0) is 17.7 Å². The Balaban J connectivity index is 2.62. The number of alkyl halides is 1. The van der Waals surface area contributed by atoms with E-state index in [1.165, 1.54) is 6.92 Å². The highest BCUT2D eigenvalue weighted by atomic mass is 35.5. The van der Waals surface area contributed by atoms with Gasteiger partial charge in [0, 0.05) is 26.2 Å². The van der Waals surface area contributed by atoms with Gasteiger partial charge in [-0.25, -0.2) is 0 Å². The number of anilines is 1. The van der Waals surface area contributed by atoms with Crippen molar-refractivity contribution < 1.29 is 9.59 Å². The van der Waals surface area contributed by atoms with E-state index in [9.17, 15) is 9.59 Å². The van der Waals surface area contributed by atoms with Crippen molar-refractivity contribution in [1.29, 1.82) is 0 Å². The summed E-state index contributed by atoms with van der Waals surface area (Å²) in [6.07, 6.45) is 0. The maximum Gasteiger partial charge on any atom is 0.237 e. The van der Waals surface area contributed by atoms with Crippen molar-refractivity contribution in [2.75, 3.05) is 18.2 Å². The predicted molar refractivity (Wildman–Crippen MR) is 67.9 cm³/mol. The van der Waals surface area contributed by atoms with E-state index < -0.39 is 0 Å². The Labute approximate surface area is 106 Å². The van der Waals surface area contributed by atoms with E-state index in [1.54, 1.807) is 24.1 Å². The van der Waals surface area contributed by atoms with E-state index in [-0.39, 0.29) is 17.7 Å². The van der Waals surface area contributed by atoms with Crippen LogP contribution in [0.4, 0.5) is 5.69 Å². The van der Waals surface area contributed by atoms with Crippen LogP contribution in [0.1, 0.15) is 12.5 Å². The van der Waals surface area contributed by atoms with Crippen LogP contribution in [0.2, 0.25) is 0 Å². The number of hydrogen-bond acceptors (Lipinski definition) is 2. The lowest BCUT2D eigenvalue weighted by Gasteiger charge is -2.15. The van der Waals surface area contributed by atoms with Crippen molar-refractivity contribution in [2.45, 2.75) is 13.5 Å². The molecule has 1 aromatic carbocycles. The third-order valence-corrected chi connectivity index (χ3v) is 2.46. The molecular formula is C12H15ClN2O2. The number of nitrogens with one attached hydrogen (secondary N) is 1. The van der Waals surface area contributed by atoms with Gasteiger partial charge in [0.25, 0.3) is 0 Å². The molecule has 0 fully saturated rings. The van der Waals surface area contributed by atoms with Crippen LogP contribution >= 0.6 is 11.6 Å². The smallest absolute Gasteiger partial charge is 0.237 e. The summed E-state index contributed by atoms with van der Waals surface area (Å²) in [5, 5.41) is 2.68. The highest BCUT2D eigenvalue weighted by Gasteiger charge is 2.07. The van der Waals surface area contributed by atoms with Crippen LogP contribution in [0, 0.1) is 0 Å². The molecule has 2 amide bonds.